The van der Waals surface area contributed by atoms with Crippen molar-refractivity contribution in [1.29, 1.82) is 0 Å². The molecule has 0 saturated heterocycles. The zero-order valence-corrected chi connectivity index (χ0v) is 9.15. The second-order valence-corrected chi connectivity index (χ2v) is 4.06. The number of oxime groups is 1. The second-order valence-electron chi connectivity index (χ2n) is 4.06. The third-order valence-corrected chi connectivity index (χ3v) is 2.98. The molecule has 3 N–H and O–H groups in total. The molecule has 0 aromatic heterocycles. The fourth-order valence-electron chi connectivity index (χ4n) is 1.99. The summed E-state index contributed by atoms with van der Waals surface area (Å²) in [6, 6.07) is 0.331. The predicted octanol–water partition coefficient (Wildman–Crippen LogP) is 0.914. The van der Waals surface area contributed by atoms with Crippen LogP contribution in [0.4, 0.5) is 0 Å². The first-order valence-corrected chi connectivity index (χ1v) is 5.37. The van der Waals surface area contributed by atoms with Crippen LogP contribution < -0.4 is 5.73 Å². The summed E-state index contributed by atoms with van der Waals surface area (Å²) >= 11 is 0. The Morgan fingerprint density at radius 1 is 1.47 bits per heavy atom. The van der Waals surface area contributed by atoms with Crippen LogP contribution in [-0.2, 0) is 4.79 Å². The minimum Gasteiger partial charge on any atom is -0.409 e. The molecule has 1 rings (SSSR count). The molecule has 0 radical (unpaired) electrons. The summed E-state index contributed by atoms with van der Waals surface area (Å²) in [6.07, 6.45) is 5.77. The Bertz CT molecular complexity index is 247. The summed E-state index contributed by atoms with van der Waals surface area (Å²) in [5.41, 5.74) is 5.29. The average molecular weight is 213 g/mol. The molecule has 5 heteroatoms. The summed E-state index contributed by atoms with van der Waals surface area (Å²) < 4.78 is 0. The van der Waals surface area contributed by atoms with Crippen molar-refractivity contribution in [2.24, 2.45) is 10.9 Å². The maximum Gasteiger partial charge on any atom is 0.230 e. The highest BCUT2D eigenvalue weighted by Gasteiger charge is 2.22. The second kappa shape index (κ2) is 5.58. The molecule has 1 amide bonds. The van der Waals surface area contributed by atoms with Gasteiger partial charge in [-0.05, 0) is 12.8 Å². The zero-order chi connectivity index (χ0) is 11.3. The molecule has 0 aromatic carbocycles. The molecule has 86 valence electrons. The van der Waals surface area contributed by atoms with E-state index in [2.05, 4.69) is 5.16 Å². The van der Waals surface area contributed by atoms with E-state index < -0.39 is 0 Å². The smallest absolute Gasteiger partial charge is 0.230 e. The first-order valence-electron chi connectivity index (χ1n) is 5.37. The van der Waals surface area contributed by atoms with E-state index in [9.17, 15) is 4.79 Å². The Morgan fingerprint density at radius 2 is 2.07 bits per heavy atom. The highest BCUT2D eigenvalue weighted by atomic mass is 16.4. The molecule has 1 fully saturated rings. The maximum atomic E-state index is 11.7. The molecule has 1 saturated carbocycles. The third-order valence-electron chi connectivity index (χ3n) is 2.98. The minimum absolute atomic E-state index is 0.00347. The van der Waals surface area contributed by atoms with Crippen molar-refractivity contribution < 1.29 is 10.0 Å². The standard InChI is InChI=1S/C10H19N3O2/c1-13(8-5-3-2-4-6-8)10(14)7-9(11)12-15/h8,15H,2-7H2,1H3,(H2,11,12). The minimum atomic E-state index is -0.0720. The molecule has 0 unspecified atom stereocenters. The van der Waals surface area contributed by atoms with Crippen molar-refractivity contribution in [3.05, 3.63) is 0 Å². The van der Waals surface area contributed by atoms with Crippen LogP contribution in [0, 0.1) is 0 Å². The molecule has 0 heterocycles. The highest BCUT2D eigenvalue weighted by molar-refractivity contribution is 5.98. The van der Waals surface area contributed by atoms with Gasteiger partial charge >= 0.3 is 0 Å². The summed E-state index contributed by atoms with van der Waals surface area (Å²) in [5, 5.41) is 11.2. The lowest BCUT2D eigenvalue weighted by Crippen LogP contribution is -2.39. The van der Waals surface area contributed by atoms with Gasteiger partial charge in [0.15, 0.2) is 0 Å². The van der Waals surface area contributed by atoms with Crippen LogP contribution >= 0.6 is 0 Å². The van der Waals surface area contributed by atoms with Crippen LogP contribution in [0.15, 0.2) is 5.16 Å². The molecule has 5 nitrogen and oxygen atoms in total. The van der Waals surface area contributed by atoms with Gasteiger partial charge < -0.3 is 15.8 Å². The molecule has 0 atom stereocenters. The van der Waals surface area contributed by atoms with E-state index in [1.165, 1.54) is 19.3 Å². The van der Waals surface area contributed by atoms with E-state index in [1.54, 1.807) is 11.9 Å². The predicted molar refractivity (Wildman–Crippen MR) is 57.7 cm³/mol. The fraction of sp³-hybridized carbons (Fsp3) is 0.800. The quantitative estimate of drug-likeness (QED) is 0.316. The molecule has 0 bridgehead atoms. The van der Waals surface area contributed by atoms with Gasteiger partial charge in [-0.1, -0.05) is 24.4 Å². The van der Waals surface area contributed by atoms with Crippen LogP contribution in [0.2, 0.25) is 0 Å². The number of rotatable bonds is 3. The van der Waals surface area contributed by atoms with Crippen LogP contribution in [0.5, 0.6) is 0 Å². The lowest BCUT2D eigenvalue weighted by atomic mass is 9.94. The monoisotopic (exact) mass is 213 g/mol. The van der Waals surface area contributed by atoms with Gasteiger partial charge in [0, 0.05) is 13.1 Å². The molecule has 15 heavy (non-hydrogen) atoms. The van der Waals surface area contributed by atoms with Gasteiger partial charge in [-0.15, -0.1) is 0 Å². The van der Waals surface area contributed by atoms with Crippen molar-refractivity contribution in [1.82, 2.24) is 4.90 Å². The normalized spacial score (nSPS) is 18.9. The number of hydrogen-bond acceptors (Lipinski definition) is 3. The van der Waals surface area contributed by atoms with Crippen molar-refractivity contribution in [3.63, 3.8) is 0 Å². The number of amidine groups is 1. The van der Waals surface area contributed by atoms with Crippen molar-refractivity contribution in [2.75, 3.05) is 7.05 Å². The molecular formula is C10H19N3O2. The fourth-order valence-corrected chi connectivity index (χ4v) is 1.99. The van der Waals surface area contributed by atoms with Crippen molar-refractivity contribution in [2.45, 2.75) is 44.6 Å². The number of carbonyl (C=O) groups is 1. The summed E-state index contributed by atoms with van der Waals surface area (Å²) in [6.45, 7) is 0. The van der Waals surface area contributed by atoms with Gasteiger partial charge in [-0.2, -0.15) is 0 Å². The van der Waals surface area contributed by atoms with Gasteiger partial charge in [0.1, 0.15) is 5.84 Å². The molecule has 1 aliphatic rings. The van der Waals surface area contributed by atoms with Crippen LogP contribution in [-0.4, -0.2) is 34.9 Å². The molecule has 1 aliphatic carbocycles. The third kappa shape index (κ3) is 3.42. The number of nitrogens with zero attached hydrogens (tertiary/aromatic N) is 2. The molecular weight excluding hydrogens is 194 g/mol. The SMILES string of the molecule is CN(C(=O)C/C(N)=N/O)C1CCCCC1. The number of carbonyl (C=O) groups excluding carboxylic acids is 1. The van der Waals surface area contributed by atoms with Gasteiger partial charge in [0.05, 0.1) is 6.42 Å². The molecule has 0 aromatic rings. The Hall–Kier alpha value is -1.26. The topological polar surface area (TPSA) is 78.9 Å². The van der Waals surface area contributed by atoms with Crippen LogP contribution in [0.25, 0.3) is 0 Å². The van der Waals surface area contributed by atoms with Gasteiger partial charge in [-0.25, -0.2) is 0 Å². The van der Waals surface area contributed by atoms with Crippen molar-refractivity contribution >= 4 is 11.7 Å². The van der Waals surface area contributed by atoms with E-state index in [0.29, 0.717) is 6.04 Å². The summed E-state index contributed by atoms with van der Waals surface area (Å²) in [5.74, 6) is -0.0974. The first-order chi connectivity index (χ1) is 7.15. The van der Waals surface area contributed by atoms with E-state index in [0.717, 1.165) is 12.8 Å². The Kier molecular flexibility index (Phi) is 4.39. The highest BCUT2D eigenvalue weighted by Crippen LogP contribution is 2.21. The van der Waals surface area contributed by atoms with E-state index in [-0.39, 0.29) is 18.2 Å². The average Bonchev–Trinajstić information content (AvgIpc) is 2.29. The van der Waals surface area contributed by atoms with E-state index in [4.69, 9.17) is 10.9 Å². The molecule has 0 aliphatic heterocycles. The van der Waals surface area contributed by atoms with Crippen molar-refractivity contribution in [3.8, 4) is 0 Å². The molecule has 0 spiro atoms. The van der Waals surface area contributed by atoms with Crippen LogP contribution in [0.3, 0.4) is 0 Å². The van der Waals surface area contributed by atoms with Gasteiger partial charge in [0.25, 0.3) is 0 Å². The summed E-state index contributed by atoms with van der Waals surface area (Å²) in [7, 11) is 1.79. The number of hydrogen-bond donors (Lipinski definition) is 2. The van der Waals surface area contributed by atoms with E-state index >= 15 is 0 Å². The number of nitrogens with two attached hydrogens (primary N) is 1. The van der Waals surface area contributed by atoms with Gasteiger partial charge in [0.2, 0.25) is 5.91 Å². The Labute approximate surface area is 89.9 Å². The van der Waals surface area contributed by atoms with Crippen LogP contribution in [0.1, 0.15) is 38.5 Å². The first kappa shape index (κ1) is 11.8. The largest absolute Gasteiger partial charge is 0.409 e. The Morgan fingerprint density at radius 3 is 2.60 bits per heavy atom. The maximum absolute atomic E-state index is 11.7. The Balaban J connectivity index is 2.44. The zero-order valence-electron chi connectivity index (χ0n) is 9.15. The van der Waals surface area contributed by atoms with E-state index in [1.807, 2.05) is 0 Å². The van der Waals surface area contributed by atoms with Gasteiger partial charge in [-0.3, -0.25) is 4.79 Å². The number of amides is 1. The lowest BCUT2D eigenvalue weighted by molar-refractivity contribution is -0.131. The lowest BCUT2D eigenvalue weighted by Gasteiger charge is -2.31. The summed E-state index contributed by atoms with van der Waals surface area (Å²) in [4.78, 5) is 13.4.